The van der Waals surface area contributed by atoms with E-state index in [1.165, 1.54) is 63.5 Å². The van der Waals surface area contributed by atoms with Gasteiger partial charge < -0.3 is 19.3 Å². The molecule has 3 saturated carbocycles. The first-order valence-corrected chi connectivity index (χ1v) is 16.5. The molecule has 4 heteroatoms. The topological polar surface area (TPSA) is 13.1 Å². The van der Waals surface area contributed by atoms with Gasteiger partial charge in [-0.15, -0.1) is 0 Å². The first-order chi connectivity index (χ1) is 12.1. The van der Waals surface area contributed by atoms with Gasteiger partial charge in [0.2, 0.25) is 0 Å². The van der Waals surface area contributed by atoms with Crippen molar-refractivity contribution < 1.29 is 25.3 Å². The first-order valence-electron chi connectivity index (χ1n) is 10.2. The second-order valence-electron chi connectivity index (χ2n) is 8.66. The zero-order chi connectivity index (χ0) is 17.8. The predicted octanol–water partition coefficient (Wildman–Crippen LogP) is 8.60. The van der Waals surface area contributed by atoms with Gasteiger partial charge in [-0.05, 0) is 74.3 Å². The molecule has 5 unspecified atom stereocenters. The standard InChI is InChI=1S/C21H32O.2CH3.2ClH.Zr/c1-14-12-17(13-16-6-3-4-7-16)18-8-5-9-19(21(14)18)20-11-10-15(2)22-20;;;;;/h10-11,14,16-19,21H,3-9,12-13H2,1-2H3;2*1H3;2*1H;/q;2*-1;;;+4/p-2. The molecule has 0 N–H and O–H groups in total. The van der Waals surface area contributed by atoms with Gasteiger partial charge in [0.15, 0.2) is 0 Å². The van der Waals surface area contributed by atoms with Crippen LogP contribution in [0.25, 0.3) is 0 Å². The summed E-state index contributed by atoms with van der Waals surface area (Å²) in [5.41, 5.74) is 0. The second-order valence-corrected chi connectivity index (χ2v) is 12.4. The summed E-state index contributed by atoms with van der Waals surface area (Å²) in [4.78, 5) is 0. The van der Waals surface area contributed by atoms with Crippen molar-refractivity contribution in [2.24, 2.45) is 29.6 Å². The third kappa shape index (κ3) is 6.36. The fourth-order valence-electron chi connectivity index (χ4n) is 6.36. The van der Waals surface area contributed by atoms with Crippen molar-refractivity contribution >= 4 is 17.0 Å². The minimum atomic E-state index is -0.826. The Morgan fingerprint density at radius 1 is 1.04 bits per heavy atom. The number of rotatable bonds is 3. The Hall–Kier alpha value is 0.743. The van der Waals surface area contributed by atoms with Gasteiger partial charge in [0, 0.05) is 5.92 Å². The van der Waals surface area contributed by atoms with Crippen LogP contribution in [0.4, 0.5) is 0 Å². The molecule has 3 aliphatic carbocycles. The molecule has 5 atom stereocenters. The summed E-state index contributed by atoms with van der Waals surface area (Å²) in [6, 6.07) is 4.42. The van der Waals surface area contributed by atoms with Crippen molar-refractivity contribution in [1.29, 1.82) is 0 Å². The van der Waals surface area contributed by atoms with E-state index in [1.807, 2.05) is 0 Å². The zero-order valence-electron chi connectivity index (χ0n) is 17.6. The monoisotopic (exact) mass is 490 g/mol. The van der Waals surface area contributed by atoms with Gasteiger partial charge in [0.1, 0.15) is 11.5 Å². The Morgan fingerprint density at radius 2 is 1.70 bits per heavy atom. The van der Waals surface area contributed by atoms with E-state index in [-0.39, 0.29) is 14.9 Å². The number of aryl methyl sites for hydroxylation is 1. The molecule has 0 aliphatic heterocycles. The summed E-state index contributed by atoms with van der Waals surface area (Å²) in [5.74, 6) is 7.93. The van der Waals surface area contributed by atoms with E-state index in [4.69, 9.17) is 21.4 Å². The Bertz CT molecular complexity index is 526. The van der Waals surface area contributed by atoms with Crippen molar-refractivity contribution in [2.75, 3.05) is 0 Å². The number of hydrogen-bond donors (Lipinski definition) is 0. The molecule has 1 aromatic heterocycles. The molecule has 0 amide bonds. The van der Waals surface area contributed by atoms with E-state index < -0.39 is 20.8 Å². The van der Waals surface area contributed by atoms with Crippen LogP contribution in [0, 0.1) is 51.4 Å². The second kappa shape index (κ2) is 12.4. The molecule has 1 nitrogen and oxygen atoms in total. The molecular weight excluding hydrogens is 454 g/mol. The van der Waals surface area contributed by atoms with Crippen molar-refractivity contribution in [3.63, 3.8) is 0 Å². The van der Waals surface area contributed by atoms with Gasteiger partial charge in [-0.25, -0.2) is 0 Å². The van der Waals surface area contributed by atoms with E-state index in [9.17, 15) is 0 Å². The molecule has 1 heterocycles. The molecular formula is C23H38Cl2OZr. The average Bonchev–Trinajstić information content (AvgIpc) is 3.31. The number of hydrogen-bond acceptors (Lipinski definition) is 1. The van der Waals surface area contributed by atoms with Crippen LogP contribution in [-0.2, 0) is 20.8 Å². The van der Waals surface area contributed by atoms with Crippen molar-refractivity contribution in [1.82, 2.24) is 0 Å². The number of furan rings is 1. The summed E-state index contributed by atoms with van der Waals surface area (Å²) < 4.78 is 6.05. The summed E-state index contributed by atoms with van der Waals surface area (Å²) in [6.45, 7) is 4.62. The molecule has 0 spiro atoms. The van der Waals surface area contributed by atoms with Crippen molar-refractivity contribution in [3.8, 4) is 0 Å². The predicted molar refractivity (Wildman–Crippen MR) is 115 cm³/mol. The summed E-state index contributed by atoms with van der Waals surface area (Å²) in [7, 11) is 9.87. The van der Waals surface area contributed by atoms with Gasteiger partial charge in [-0.1, -0.05) is 39.0 Å². The zero-order valence-corrected chi connectivity index (χ0v) is 21.6. The van der Waals surface area contributed by atoms with Crippen LogP contribution in [0.2, 0.25) is 0 Å². The third-order valence-corrected chi connectivity index (χ3v) is 7.19. The normalized spacial score (nSPS) is 32.4. The molecule has 1 aromatic rings. The molecule has 4 rings (SSSR count). The molecule has 0 aromatic carbocycles. The molecule has 154 valence electrons. The molecule has 0 bridgehead atoms. The van der Waals surface area contributed by atoms with Crippen LogP contribution in [0.3, 0.4) is 0 Å². The third-order valence-electron chi connectivity index (χ3n) is 7.19. The summed E-state index contributed by atoms with van der Waals surface area (Å²) in [5, 5.41) is 0. The number of halogens is 2. The van der Waals surface area contributed by atoms with Crippen molar-refractivity contribution in [3.05, 3.63) is 38.5 Å². The van der Waals surface area contributed by atoms with E-state index in [0.29, 0.717) is 5.92 Å². The van der Waals surface area contributed by atoms with Crippen LogP contribution in [-0.4, -0.2) is 0 Å². The first kappa shape index (κ1) is 25.8. The van der Waals surface area contributed by atoms with Crippen molar-refractivity contribution in [2.45, 2.75) is 77.6 Å². The van der Waals surface area contributed by atoms with E-state index in [0.717, 1.165) is 35.3 Å². The minimum absolute atomic E-state index is 0. The van der Waals surface area contributed by atoms with Gasteiger partial charge in [0.05, 0.1) is 0 Å². The summed E-state index contributed by atoms with van der Waals surface area (Å²) in [6.07, 6.45) is 13.3. The van der Waals surface area contributed by atoms with E-state index in [2.05, 4.69) is 26.0 Å². The molecule has 0 saturated heterocycles. The van der Waals surface area contributed by atoms with Gasteiger partial charge in [0.25, 0.3) is 0 Å². The average molecular weight is 493 g/mol. The van der Waals surface area contributed by atoms with E-state index in [1.54, 1.807) is 0 Å². The Balaban J connectivity index is 0.000000686. The van der Waals surface area contributed by atoms with Crippen LogP contribution in [0.1, 0.15) is 82.1 Å². The SMILES string of the molecule is Cc1ccc(C2CCCC3C(CC4CCCC4)CC(C)C23)o1.[CH3-].[CH3-].[Cl][Zr+2][Cl]. The molecule has 3 aliphatic rings. The van der Waals surface area contributed by atoms with Crippen LogP contribution >= 0.6 is 17.0 Å². The maximum absolute atomic E-state index is 6.05. The van der Waals surface area contributed by atoms with Crippen LogP contribution in [0.15, 0.2) is 16.5 Å². The van der Waals surface area contributed by atoms with E-state index >= 15 is 0 Å². The van der Waals surface area contributed by atoms with Gasteiger partial charge in [-0.3, -0.25) is 0 Å². The molecule has 0 radical (unpaired) electrons. The number of fused-ring (bicyclic) bond motifs is 1. The fourth-order valence-corrected chi connectivity index (χ4v) is 6.36. The quantitative estimate of drug-likeness (QED) is 0.385. The maximum atomic E-state index is 6.05. The fraction of sp³-hybridized carbons (Fsp3) is 0.739. The summed E-state index contributed by atoms with van der Waals surface area (Å²) >= 11 is -0.826. The Kier molecular flexibility index (Phi) is 11.9. The molecule has 3 fully saturated rings. The van der Waals surface area contributed by atoms with Crippen LogP contribution < -0.4 is 0 Å². The Morgan fingerprint density at radius 3 is 2.30 bits per heavy atom. The Labute approximate surface area is 187 Å². The molecule has 27 heavy (non-hydrogen) atoms. The van der Waals surface area contributed by atoms with Gasteiger partial charge >= 0.3 is 37.9 Å². The van der Waals surface area contributed by atoms with Crippen LogP contribution in [0.5, 0.6) is 0 Å². The van der Waals surface area contributed by atoms with Gasteiger partial charge in [-0.2, -0.15) is 0 Å².